The first-order valence-electron chi connectivity index (χ1n) is 11.3. The average molecular weight is 396 g/mol. The monoisotopic (exact) mass is 395 g/mol. The number of hydrogen-bond acceptors (Lipinski definition) is 4. The summed E-state index contributed by atoms with van der Waals surface area (Å²) in [5.74, 6) is 0.898. The second kappa shape index (κ2) is 7.82. The molecule has 0 amide bonds. The number of rotatable bonds is 6. The summed E-state index contributed by atoms with van der Waals surface area (Å²) in [4.78, 5) is 12.0. The van der Waals surface area contributed by atoms with Gasteiger partial charge < -0.3 is 4.90 Å². The molecule has 0 N–H and O–H groups in total. The first kappa shape index (κ1) is 20.5. The average Bonchev–Trinajstić information content (AvgIpc) is 3.23. The lowest BCUT2D eigenvalue weighted by Crippen LogP contribution is -2.37. The van der Waals surface area contributed by atoms with Crippen LogP contribution >= 0.6 is 0 Å². The third-order valence-corrected chi connectivity index (χ3v) is 7.13. The summed E-state index contributed by atoms with van der Waals surface area (Å²) in [6.07, 6.45) is 13.7. The Morgan fingerprint density at radius 3 is 2.48 bits per heavy atom. The molecule has 2 aliphatic rings. The molecule has 1 saturated heterocycles. The lowest BCUT2D eigenvalue weighted by atomic mass is 9.88. The SMILES string of the molecule is Cc1nn(C)cc1-c1cnc(CCC2CC23CCN(CCC(C)(C)C)CC3)cn1. The fraction of sp³-hybridized carbons (Fsp3) is 0.708. The molecule has 2 aromatic rings. The number of likely N-dealkylation sites (tertiary alicyclic amines) is 1. The highest BCUT2D eigenvalue weighted by atomic mass is 15.2. The number of aromatic nitrogens is 4. The Kier molecular flexibility index (Phi) is 5.54. The third-order valence-electron chi connectivity index (χ3n) is 7.13. The smallest absolute Gasteiger partial charge is 0.0919 e. The lowest BCUT2D eigenvalue weighted by Gasteiger charge is -2.34. The van der Waals surface area contributed by atoms with E-state index in [9.17, 15) is 0 Å². The van der Waals surface area contributed by atoms with Crippen molar-refractivity contribution in [2.24, 2.45) is 23.8 Å². The number of nitrogens with zero attached hydrogens (tertiary/aromatic N) is 5. The molecule has 0 bridgehead atoms. The van der Waals surface area contributed by atoms with Gasteiger partial charge in [0.15, 0.2) is 0 Å². The van der Waals surface area contributed by atoms with Gasteiger partial charge in [-0.05, 0) is 81.8 Å². The van der Waals surface area contributed by atoms with E-state index in [4.69, 9.17) is 4.98 Å². The Balaban J connectivity index is 1.24. The van der Waals surface area contributed by atoms with E-state index in [0.29, 0.717) is 10.8 Å². The Hall–Kier alpha value is -1.75. The highest BCUT2D eigenvalue weighted by Gasteiger charge is 2.53. The molecule has 0 radical (unpaired) electrons. The molecule has 29 heavy (non-hydrogen) atoms. The van der Waals surface area contributed by atoms with Gasteiger partial charge in [0.2, 0.25) is 0 Å². The van der Waals surface area contributed by atoms with Gasteiger partial charge in [-0.1, -0.05) is 20.8 Å². The molecule has 1 atom stereocenters. The van der Waals surface area contributed by atoms with Gasteiger partial charge in [0.05, 0.1) is 23.3 Å². The minimum atomic E-state index is 0.448. The Bertz CT molecular complexity index is 822. The number of aryl methyl sites for hydroxylation is 3. The van der Waals surface area contributed by atoms with Crippen LogP contribution in [0.2, 0.25) is 0 Å². The number of piperidine rings is 1. The van der Waals surface area contributed by atoms with Gasteiger partial charge in [0, 0.05) is 25.0 Å². The van der Waals surface area contributed by atoms with Crippen LogP contribution < -0.4 is 0 Å². The first-order chi connectivity index (χ1) is 13.7. The minimum absolute atomic E-state index is 0.448. The Morgan fingerprint density at radius 2 is 1.90 bits per heavy atom. The standard InChI is InChI=1S/C24H37N5/c1-18-21(17-28(5)27-18)22-16-25-20(15-26-22)7-6-19-14-24(19)9-12-29(13-10-24)11-8-23(2,3)4/h15-17,19H,6-14H2,1-5H3. The summed E-state index contributed by atoms with van der Waals surface area (Å²) >= 11 is 0. The van der Waals surface area contributed by atoms with Crippen LogP contribution in [-0.4, -0.2) is 44.3 Å². The van der Waals surface area contributed by atoms with Crippen LogP contribution in [0, 0.1) is 23.7 Å². The summed E-state index contributed by atoms with van der Waals surface area (Å²) in [7, 11) is 1.94. The predicted molar refractivity (Wildman–Crippen MR) is 118 cm³/mol. The fourth-order valence-electron chi connectivity index (χ4n) is 4.96. The van der Waals surface area contributed by atoms with Gasteiger partial charge in [0.1, 0.15) is 0 Å². The van der Waals surface area contributed by atoms with Crippen LogP contribution in [0.15, 0.2) is 18.6 Å². The van der Waals surface area contributed by atoms with Crippen LogP contribution in [0.5, 0.6) is 0 Å². The van der Waals surface area contributed by atoms with Gasteiger partial charge in [-0.2, -0.15) is 5.10 Å². The summed E-state index contributed by atoms with van der Waals surface area (Å²) in [5, 5.41) is 4.40. The van der Waals surface area contributed by atoms with E-state index in [2.05, 4.69) is 35.8 Å². The van der Waals surface area contributed by atoms with Crippen LogP contribution in [0.1, 0.15) is 64.3 Å². The molecule has 4 rings (SSSR count). The summed E-state index contributed by atoms with van der Waals surface area (Å²) in [6.45, 7) is 12.9. The van der Waals surface area contributed by atoms with Crippen molar-refractivity contribution in [1.82, 2.24) is 24.6 Å². The van der Waals surface area contributed by atoms with Gasteiger partial charge in [0.25, 0.3) is 0 Å². The molecule has 1 unspecified atom stereocenters. The van der Waals surface area contributed by atoms with Crippen molar-refractivity contribution < 1.29 is 0 Å². The summed E-state index contributed by atoms with van der Waals surface area (Å²) < 4.78 is 1.83. The highest BCUT2D eigenvalue weighted by Crippen LogP contribution is 2.61. The van der Waals surface area contributed by atoms with E-state index in [1.165, 1.54) is 51.7 Å². The Labute approximate surface area is 175 Å². The third kappa shape index (κ3) is 4.88. The molecular weight excluding hydrogens is 358 g/mol. The molecule has 1 aliphatic heterocycles. The van der Waals surface area contributed by atoms with Crippen molar-refractivity contribution in [3.05, 3.63) is 30.0 Å². The molecule has 1 aliphatic carbocycles. The summed E-state index contributed by atoms with van der Waals surface area (Å²) in [6, 6.07) is 0. The van der Waals surface area contributed by atoms with Crippen molar-refractivity contribution in [2.75, 3.05) is 19.6 Å². The highest BCUT2D eigenvalue weighted by molar-refractivity contribution is 5.59. The molecule has 2 aromatic heterocycles. The fourth-order valence-corrected chi connectivity index (χ4v) is 4.96. The van der Waals surface area contributed by atoms with Crippen molar-refractivity contribution in [2.45, 2.75) is 66.2 Å². The van der Waals surface area contributed by atoms with Crippen LogP contribution in [0.25, 0.3) is 11.3 Å². The minimum Gasteiger partial charge on any atom is -0.303 e. The summed E-state index contributed by atoms with van der Waals surface area (Å²) in [5.41, 5.74) is 5.22. The molecule has 1 saturated carbocycles. The molecule has 1 spiro atoms. The van der Waals surface area contributed by atoms with E-state index >= 15 is 0 Å². The molecule has 5 nitrogen and oxygen atoms in total. The maximum atomic E-state index is 4.69. The van der Waals surface area contributed by atoms with Crippen LogP contribution in [0.3, 0.4) is 0 Å². The molecule has 2 fully saturated rings. The van der Waals surface area contributed by atoms with Crippen molar-refractivity contribution in [3.63, 3.8) is 0 Å². The van der Waals surface area contributed by atoms with E-state index in [-0.39, 0.29) is 0 Å². The van der Waals surface area contributed by atoms with Crippen LogP contribution in [0.4, 0.5) is 0 Å². The van der Waals surface area contributed by atoms with Crippen molar-refractivity contribution in [1.29, 1.82) is 0 Å². The van der Waals surface area contributed by atoms with Gasteiger partial charge in [-0.25, -0.2) is 0 Å². The Morgan fingerprint density at radius 1 is 1.14 bits per heavy atom. The zero-order valence-corrected chi connectivity index (χ0v) is 18.9. The van der Waals surface area contributed by atoms with Gasteiger partial charge >= 0.3 is 0 Å². The lowest BCUT2D eigenvalue weighted by molar-refractivity contribution is 0.145. The van der Waals surface area contributed by atoms with Crippen molar-refractivity contribution in [3.8, 4) is 11.3 Å². The molecule has 5 heteroatoms. The molecule has 158 valence electrons. The zero-order valence-electron chi connectivity index (χ0n) is 18.9. The molecule has 3 heterocycles. The number of hydrogen-bond donors (Lipinski definition) is 0. The first-order valence-corrected chi connectivity index (χ1v) is 11.3. The maximum absolute atomic E-state index is 4.69. The molecule has 0 aromatic carbocycles. The zero-order chi connectivity index (χ0) is 20.6. The quantitative estimate of drug-likeness (QED) is 0.714. The van der Waals surface area contributed by atoms with E-state index in [1.54, 1.807) is 0 Å². The second-order valence-corrected chi connectivity index (χ2v) is 10.6. The van der Waals surface area contributed by atoms with Gasteiger partial charge in [-0.3, -0.25) is 14.6 Å². The second-order valence-electron chi connectivity index (χ2n) is 10.6. The van der Waals surface area contributed by atoms with Gasteiger partial charge in [-0.15, -0.1) is 0 Å². The van der Waals surface area contributed by atoms with Crippen molar-refractivity contribution >= 4 is 0 Å². The van der Waals surface area contributed by atoms with E-state index in [1.807, 2.05) is 37.2 Å². The predicted octanol–water partition coefficient (Wildman–Crippen LogP) is 4.66. The normalized spacial score (nSPS) is 21.6. The topological polar surface area (TPSA) is 46.8 Å². The molecular formula is C24H37N5. The van der Waals surface area contributed by atoms with Crippen LogP contribution in [-0.2, 0) is 13.5 Å². The van der Waals surface area contributed by atoms with E-state index in [0.717, 1.165) is 35.0 Å². The maximum Gasteiger partial charge on any atom is 0.0919 e. The van der Waals surface area contributed by atoms with E-state index < -0.39 is 0 Å². The largest absolute Gasteiger partial charge is 0.303 e.